The Kier molecular flexibility index (Phi) is 5.40. The first kappa shape index (κ1) is 18.3. The Morgan fingerprint density at radius 1 is 0.857 bits per heavy atom. The third kappa shape index (κ3) is 3.92. The van der Waals surface area contributed by atoms with Crippen molar-refractivity contribution in [2.45, 2.75) is 19.3 Å². The second-order valence-electron chi connectivity index (χ2n) is 6.85. The van der Waals surface area contributed by atoms with Gasteiger partial charge in [-0.1, -0.05) is 18.2 Å². The third-order valence-electron chi connectivity index (χ3n) is 4.87. The van der Waals surface area contributed by atoms with Gasteiger partial charge >= 0.3 is 0 Å². The first-order valence-electron chi connectivity index (χ1n) is 9.58. The summed E-state index contributed by atoms with van der Waals surface area (Å²) in [7, 11) is 0. The number of rotatable bonds is 7. The number of nitrogens with two attached hydrogens (primary N) is 1. The van der Waals surface area contributed by atoms with Crippen LogP contribution in [0.5, 0.6) is 11.5 Å². The number of benzene rings is 3. The summed E-state index contributed by atoms with van der Waals surface area (Å²) in [6.45, 7) is 0.677. The molecule has 1 aromatic heterocycles. The highest BCUT2D eigenvalue weighted by atomic mass is 19.1. The molecule has 4 aromatic rings. The van der Waals surface area contributed by atoms with Crippen LogP contribution in [-0.2, 0) is 6.42 Å². The molecule has 1 heterocycles. The van der Waals surface area contributed by atoms with Crippen LogP contribution in [0.3, 0.4) is 0 Å². The van der Waals surface area contributed by atoms with Gasteiger partial charge in [0.2, 0.25) is 0 Å². The van der Waals surface area contributed by atoms with Crippen molar-refractivity contribution in [2.75, 3.05) is 6.54 Å². The van der Waals surface area contributed by atoms with Crippen molar-refractivity contribution in [3.8, 4) is 22.8 Å². The maximum atomic E-state index is 13.4. The number of hydrogen-bond donors (Lipinski definition) is 2. The summed E-state index contributed by atoms with van der Waals surface area (Å²) in [5.41, 5.74) is 9.96. The van der Waals surface area contributed by atoms with E-state index in [-0.39, 0.29) is 5.82 Å². The second kappa shape index (κ2) is 8.28. The molecule has 28 heavy (non-hydrogen) atoms. The Hall–Kier alpha value is -3.11. The highest BCUT2D eigenvalue weighted by molar-refractivity contribution is 5.91. The summed E-state index contributed by atoms with van der Waals surface area (Å²) in [5, 5.41) is 1.13. The van der Waals surface area contributed by atoms with Gasteiger partial charge in [0.1, 0.15) is 17.3 Å². The van der Waals surface area contributed by atoms with Crippen LogP contribution in [0.1, 0.15) is 18.4 Å². The maximum absolute atomic E-state index is 13.4. The molecular formula is C24H23FN2O. The molecule has 0 radical (unpaired) electrons. The first-order valence-corrected chi connectivity index (χ1v) is 9.58. The Morgan fingerprint density at radius 2 is 1.64 bits per heavy atom. The summed E-state index contributed by atoms with van der Waals surface area (Å²) < 4.78 is 19.4. The van der Waals surface area contributed by atoms with Crippen LogP contribution in [0.2, 0.25) is 0 Å². The standard InChI is InChI=1S/C24H23FN2O/c25-18-11-9-17(10-12-18)24-21(8-4-5-15-26)22-16-20(13-14-23(22)27-24)28-19-6-2-1-3-7-19/h1-3,6-7,9-14,16,27H,4-5,8,15,26H2. The quantitative estimate of drug-likeness (QED) is 0.387. The molecule has 0 fully saturated rings. The van der Waals surface area contributed by atoms with Gasteiger partial charge in [0.15, 0.2) is 0 Å². The zero-order valence-electron chi connectivity index (χ0n) is 15.6. The normalized spacial score (nSPS) is 11.1. The summed E-state index contributed by atoms with van der Waals surface area (Å²) in [5.74, 6) is 1.37. The number of aryl methyl sites for hydroxylation is 1. The van der Waals surface area contributed by atoms with Crippen LogP contribution in [0.25, 0.3) is 22.2 Å². The average Bonchev–Trinajstić information content (AvgIpc) is 3.07. The molecule has 4 rings (SSSR count). The minimum Gasteiger partial charge on any atom is -0.457 e. The van der Waals surface area contributed by atoms with E-state index in [2.05, 4.69) is 11.1 Å². The van der Waals surface area contributed by atoms with E-state index in [4.69, 9.17) is 10.5 Å². The number of unbranched alkanes of at least 4 members (excludes halogenated alkanes) is 1. The van der Waals surface area contributed by atoms with Crippen molar-refractivity contribution in [1.29, 1.82) is 0 Å². The van der Waals surface area contributed by atoms with Gasteiger partial charge in [-0.25, -0.2) is 4.39 Å². The number of aromatic amines is 1. The van der Waals surface area contributed by atoms with Crippen LogP contribution >= 0.6 is 0 Å². The zero-order valence-corrected chi connectivity index (χ0v) is 15.6. The van der Waals surface area contributed by atoms with Crippen LogP contribution in [0.15, 0.2) is 72.8 Å². The van der Waals surface area contributed by atoms with Gasteiger partial charge in [-0.2, -0.15) is 0 Å². The van der Waals surface area contributed by atoms with Crippen molar-refractivity contribution < 1.29 is 9.13 Å². The number of para-hydroxylation sites is 1. The van der Waals surface area contributed by atoms with Gasteiger partial charge in [0.25, 0.3) is 0 Å². The van der Waals surface area contributed by atoms with Crippen LogP contribution in [0, 0.1) is 5.82 Å². The Bertz CT molecular complexity index is 1060. The fourth-order valence-corrected chi connectivity index (χ4v) is 3.48. The van der Waals surface area contributed by atoms with E-state index in [0.717, 1.165) is 52.9 Å². The van der Waals surface area contributed by atoms with Crippen molar-refractivity contribution in [3.63, 3.8) is 0 Å². The predicted octanol–water partition coefficient (Wildman–Crippen LogP) is 6.05. The molecule has 0 aliphatic carbocycles. The maximum Gasteiger partial charge on any atom is 0.128 e. The molecule has 0 unspecified atom stereocenters. The summed E-state index contributed by atoms with van der Waals surface area (Å²) in [4.78, 5) is 3.51. The number of H-pyrrole nitrogens is 1. The first-order chi connectivity index (χ1) is 13.7. The highest BCUT2D eigenvalue weighted by Crippen LogP contribution is 2.34. The highest BCUT2D eigenvalue weighted by Gasteiger charge is 2.14. The number of halogens is 1. The average molecular weight is 374 g/mol. The topological polar surface area (TPSA) is 51.0 Å². The largest absolute Gasteiger partial charge is 0.457 e. The summed E-state index contributed by atoms with van der Waals surface area (Å²) in [6, 6.07) is 22.4. The Balaban J connectivity index is 1.75. The molecule has 3 nitrogen and oxygen atoms in total. The Labute approximate surface area is 164 Å². The molecule has 4 heteroatoms. The molecular weight excluding hydrogens is 351 g/mol. The van der Waals surface area contributed by atoms with E-state index >= 15 is 0 Å². The molecule has 142 valence electrons. The third-order valence-corrected chi connectivity index (χ3v) is 4.87. The SMILES string of the molecule is NCCCCc1c(-c2ccc(F)cc2)[nH]c2ccc(Oc3ccccc3)cc12. The van der Waals surface area contributed by atoms with Gasteiger partial charge < -0.3 is 15.5 Å². The Morgan fingerprint density at radius 3 is 2.39 bits per heavy atom. The molecule has 0 amide bonds. The number of ether oxygens (including phenoxy) is 1. The zero-order chi connectivity index (χ0) is 19.3. The molecule has 0 saturated heterocycles. The smallest absolute Gasteiger partial charge is 0.128 e. The monoisotopic (exact) mass is 374 g/mol. The van der Waals surface area contributed by atoms with Crippen LogP contribution in [-0.4, -0.2) is 11.5 Å². The molecule has 0 bridgehead atoms. The predicted molar refractivity (Wildman–Crippen MR) is 112 cm³/mol. The van der Waals surface area contributed by atoms with Crippen molar-refractivity contribution >= 4 is 10.9 Å². The molecule has 3 N–H and O–H groups in total. The number of hydrogen-bond acceptors (Lipinski definition) is 2. The summed E-state index contributed by atoms with van der Waals surface area (Å²) >= 11 is 0. The van der Waals surface area contributed by atoms with Gasteiger partial charge in [-0.05, 0) is 91.5 Å². The van der Waals surface area contributed by atoms with Crippen molar-refractivity contribution in [3.05, 3.63) is 84.2 Å². The van der Waals surface area contributed by atoms with E-state index in [0.29, 0.717) is 6.54 Å². The minimum atomic E-state index is -0.233. The van der Waals surface area contributed by atoms with Gasteiger partial charge in [0, 0.05) is 16.6 Å². The second-order valence-corrected chi connectivity index (χ2v) is 6.85. The molecule has 0 spiro atoms. The summed E-state index contributed by atoms with van der Waals surface area (Å²) in [6.07, 6.45) is 2.87. The molecule has 0 aliphatic heterocycles. The van der Waals surface area contributed by atoms with E-state index in [1.165, 1.54) is 17.7 Å². The van der Waals surface area contributed by atoms with E-state index in [1.54, 1.807) is 0 Å². The number of nitrogens with one attached hydrogen (secondary N) is 1. The number of aromatic nitrogens is 1. The van der Waals surface area contributed by atoms with Gasteiger partial charge in [0.05, 0.1) is 0 Å². The molecule has 0 aliphatic rings. The lowest BCUT2D eigenvalue weighted by molar-refractivity contribution is 0.483. The van der Waals surface area contributed by atoms with Crippen molar-refractivity contribution in [1.82, 2.24) is 4.98 Å². The van der Waals surface area contributed by atoms with Gasteiger partial charge in [-0.15, -0.1) is 0 Å². The lowest BCUT2D eigenvalue weighted by Gasteiger charge is -2.07. The van der Waals surface area contributed by atoms with Crippen LogP contribution < -0.4 is 10.5 Å². The molecule has 0 atom stereocenters. The lowest BCUT2D eigenvalue weighted by atomic mass is 10.00. The van der Waals surface area contributed by atoms with Crippen LogP contribution in [0.4, 0.5) is 4.39 Å². The minimum absolute atomic E-state index is 0.233. The fraction of sp³-hybridized carbons (Fsp3) is 0.167. The molecule has 3 aromatic carbocycles. The molecule has 0 saturated carbocycles. The van der Waals surface area contributed by atoms with Crippen molar-refractivity contribution in [2.24, 2.45) is 5.73 Å². The van der Waals surface area contributed by atoms with E-state index in [9.17, 15) is 4.39 Å². The van der Waals surface area contributed by atoms with E-state index < -0.39 is 0 Å². The van der Waals surface area contributed by atoms with E-state index in [1.807, 2.05) is 54.6 Å². The lowest BCUT2D eigenvalue weighted by Crippen LogP contribution is -1.99. The van der Waals surface area contributed by atoms with Gasteiger partial charge in [-0.3, -0.25) is 0 Å². The number of fused-ring (bicyclic) bond motifs is 1. The fourth-order valence-electron chi connectivity index (χ4n) is 3.48.